The summed E-state index contributed by atoms with van der Waals surface area (Å²) in [6.45, 7) is 1.61. The lowest BCUT2D eigenvalue weighted by molar-refractivity contribution is -0.141. The van der Waals surface area contributed by atoms with Crippen molar-refractivity contribution in [2.24, 2.45) is 0 Å². The van der Waals surface area contributed by atoms with E-state index in [0.29, 0.717) is 5.56 Å². The molecule has 2 heterocycles. The summed E-state index contributed by atoms with van der Waals surface area (Å²) in [6, 6.07) is 11.3. The van der Waals surface area contributed by atoms with Gasteiger partial charge in [-0.1, -0.05) is 30.3 Å². The van der Waals surface area contributed by atoms with Gasteiger partial charge in [0.05, 0.1) is 0 Å². The molecule has 0 amide bonds. The van der Waals surface area contributed by atoms with Crippen molar-refractivity contribution in [2.45, 2.75) is 19.3 Å². The van der Waals surface area contributed by atoms with E-state index in [1.807, 2.05) is 0 Å². The highest BCUT2D eigenvalue weighted by Crippen LogP contribution is 2.47. The number of para-hydroxylation sites is 1. The van der Waals surface area contributed by atoms with Crippen molar-refractivity contribution < 1.29 is 26.3 Å². The lowest BCUT2D eigenvalue weighted by atomic mass is 9.95. The number of aryl methyl sites for hydroxylation is 1. The zero-order valence-electron chi connectivity index (χ0n) is 14.4. The van der Waals surface area contributed by atoms with Gasteiger partial charge in [0.15, 0.2) is 0 Å². The number of hydrogen-bond donors (Lipinski definition) is 0. The number of benzene rings is 2. The van der Waals surface area contributed by atoms with Crippen molar-refractivity contribution >= 4 is 28.4 Å². The molecule has 144 valence electrons. The number of aromatic nitrogens is 1. The smallest absolute Gasteiger partial charge is 0.290 e. The molecule has 0 unspecified atom stereocenters. The molecular formula is C20H12F6N2. The number of rotatable bonds is 1. The Bertz CT molecular complexity index is 1100. The lowest BCUT2D eigenvalue weighted by Crippen LogP contribution is -2.31. The second-order valence-corrected chi connectivity index (χ2v) is 6.42. The first-order chi connectivity index (χ1) is 13.1. The number of alkyl halides is 6. The number of nitrogens with zero attached hydrogens (tertiary/aromatic N) is 2. The normalized spacial score (nSPS) is 14.4. The Hall–Kier alpha value is -3.03. The number of pyridine rings is 1. The molecule has 2 nitrogen and oxygen atoms in total. The predicted molar refractivity (Wildman–Crippen MR) is 94.1 cm³/mol. The highest BCUT2D eigenvalue weighted by Gasteiger charge is 2.43. The van der Waals surface area contributed by atoms with E-state index >= 15 is 0 Å². The van der Waals surface area contributed by atoms with Gasteiger partial charge < -0.3 is 0 Å². The molecule has 0 radical (unpaired) electrons. The molecule has 0 atom stereocenters. The van der Waals surface area contributed by atoms with E-state index in [0.717, 1.165) is 17.0 Å². The molecule has 0 saturated carbocycles. The Kier molecular flexibility index (Phi) is 3.92. The quantitative estimate of drug-likeness (QED) is 0.432. The third kappa shape index (κ3) is 2.89. The van der Waals surface area contributed by atoms with Crippen LogP contribution in [0, 0.1) is 6.92 Å². The number of hydrogen-bond acceptors (Lipinski definition) is 2. The Labute approximate surface area is 155 Å². The van der Waals surface area contributed by atoms with Gasteiger partial charge in [0.25, 0.3) is 0 Å². The summed E-state index contributed by atoms with van der Waals surface area (Å²) in [4.78, 5) is 4.37. The van der Waals surface area contributed by atoms with Crippen molar-refractivity contribution in [1.82, 2.24) is 4.98 Å². The minimum absolute atomic E-state index is 0.0753. The van der Waals surface area contributed by atoms with Crippen molar-refractivity contribution in [3.05, 3.63) is 71.0 Å². The fourth-order valence-corrected chi connectivity index (χ4v) is 3.32. The Balaban J connectivity index is 2.14. The van der Waals surface area contributed by atoms with Gasteiger partial charge in [0.1, 0.15) is 17.2 Å². The number of allylic oxidation sites excluding steroid dienone is 1. The zero-order chi connectivity index (χ0) is 20.3. The van der Waals surface area contributed by atoms with Crippen LogP contribution in [0.25, 0.3) is 16.8 Å². The molecule has 0 aliphatic carbocycles. The third-order valence-corrected chi connectivity index (χ3v) is 4.57. The summed E-state index contributed by atoms with van der Waals surface area (Å²) >= 11 is 0. The van der Waals surface area contributed by atoms with Gasteiger partial charge in [0, 0.05) is 11.1 Å². The first kappa shape index (κ1) is 18.3. The van der Waals surface area contributed by atoms with E-state index in [4.69, 9.17) is 0 Å². The monoisotopic (exact) mass is 394 g/mol. The minimum atomic E-state index is -4.79. The number of halogens is 6. The van der Waals surface area contributed by atoms with Crippen LogP contribution in [0.3, 0.4) is 0 Å². The Morgan fingerprint density at radius 1 is 0.857 bits per heavy atom. The van der Waals surface area contributed by atoms with Crippen LogP contribution in [0.2, 0.25) is 0 Å². The molecule has 1 aliphatic heterocycles. The van der Waals surface area contributed by atoms with Gasteiger partial charge in [-0.05, 0) is 47.7 Å². The SMILES string of the molecule is Cc1ccc2cc(C(F)(F)F)nc3c2c1C=C(C(F)(F)F)N3c1ccccc1. The first-order valence-electron chi connectivity index (χ1n) is 8.23. The molecule has 3 aromatic rings. The third-order valence-electron chi connectivity index (χ3n) is 4.57. The van der Waals surface area contributed by atoms with Gasteiger partial charge in [0.2, 0.25) is 0 Å². The van der Waals surface area contributed by atoms with Crippen molar-refractivity contribution in [3.63, 3.8) is 0 Å². The Morgan fingerprint density at radius 3 is 2.14 bits per heavy atom. The highest BCUT2D eigenvalue weighted by molar-refractivity contribution is 6.05. The Morgan fingerprint density at radius 2 is 1.54 bits per heavy atom. The van der Waals surface area contributed by atoms with Gasteiger partial charge in [-0.25, -0.2) is 4.98 Å². The van der Waals surface area contributed by atoms with E-state index in [9.17, 15) is 26.3 Å². The van der Waals surface area contributed by atoms with Gasteiger partial charge in [-0.2, -0.15) is 26.3 Å². The molecular weight excluding hydrogens is 382 g/mol. The van der Waals surface area contributed by atoms with E-state index in [1.54, 1.807) is 13.0 Å². The lowest BCUT2D eigenvalue weighted by Gasteiger charge is -2.33. The van der Waals surface area contributed by atoms with Crippen LogP contribution in [-0.2, 0) is 6.18 Å². The molecule has 28 heavy (non-hydrogen) atoms. The highest BCUT2D eigenvalue weighted by atomic mass is 19.4. The molecule has 1 aliphatic rings. The summed E-state index contributed by atoms with van der Waals surface area (Å²) in [6.07, 6.45) is -8.62. The van der Waals surface area contributed by atoms with Crippen molar-refractivity contribution in [1.29, 1.82) is 0 Å². The fourth-order valence-electron chi connectivity index (χ4n) is 3.32. The van der Waals surface area contributed by atoms with Crippen LogP contribution < -0.4 is 4.90 Å². The maximum Gasteiger partial charge on any atom is 0.433 e. The van der Waals surface area contributed by atoms with Gasteiger partial charge in [-0.15, -0.1) is 0 Å². The van der Waals surface area contributed by atoms with Crippen LogP contribution in [0.1, 0.15) is 16.8 Å². The molecule has 0 N–H and O–H groups in total. The van der Waals surface area contributed by atoms with Crippen molar-refractivity contribution in [2.75, 3.05) is 4.90 Å². The largest absolute Gasteiger partial charge is 0.433 e. The average Bonchev–Trinajstić information content (AvgIpc) is 2.63. The summed E-state index contributed by atoms with van der Waals surface area (Å²) in [5.41, 5.74) is -1.52. The topological polar surface area (TPSA) is 16.1 Å². The standard InChI is InChI=1S/C20H12F6N2/c1-11-7-8-12-9-15(19(21,22)23)27-18-17(12)14(11)10-16(20(24,25)26)28(18)13-5-3-2-4-6-13/h2-10H,1H3. The maximum atomic E-state index is 13.9. The molecule has 8 heteroatoms. The first-order valence-corrected chi connectivity index (χ1v) is 8.23. The molecule has 0 bridgehead atoms. The average molecular weight is 394 g/mol. The minimum Gasteiger partial charge on any atom is -0.290 e. The van der Waals surface area contributed by atoms with E-state index < -0.39 is 23.7 Å². The van der Waals surface area contributed by atoms with E-state index in [2.05, 4.69) is 4.98 Å². The maximum absolute atomic E-state index is 13.9. The molecule has 0 spiro atoms. The van der Waals surface area contributed by atoms with Crippen molar-refractivity contribution in [3.8, 4) is 0 Å². The molecule has 0 saturated heterocycles. The molecule has 1 aromatic heterocycles. The molecule has 4 rings (SSSR count). The second kappa shape index (κ2) is 5.98. The predicted octanol–water partition coefficient (Wildman–Crippen LogP) is 6.62. The van der Waals surface area contributed by atoms with Crippen LogP contribution in [0.5, 0.6) is 0 Å². The van der Waals surface area contributed by atoms with E-state index in [-0.39, 0.29) is 27.8 Å². The number of anilines is 2. The molecule has 2 aromatic carbocycles. The van der Waals surface area contributed by atoms with Crippen LogP contribution >= 0.6 is 0 Å². The van der Waals surface area contributed by atoms with Crippen LogP contribution in [0.4, 0.5) is 37.8 Å². The van der Waals surface area contributed by atoms with Crippen LogP contribution in [0.15, 0.2) is 54.2 Å². The summed E-state index contributed by atoms with van der Waals surface area (Å²) in [5, 5.41) is 0.432. The van der Waals surface area contributed by atoms with Gasteiger partial charge in [-0.3, -0.25) is 4.90 Å². The summed E-state index contributed by atoms with van der Waals surface area (Å²) < 4.78 is 81.7. The fraction of sp³-hybridized carbons (Fsp3) is 0.150. The van der Waals surface area contributed by atoms with Crippen LogP contribution in [-0.4, -0.2) is 11.2 Å². The zero-order valence-corrected chi connectivity index (χ0v) is 14.4. The van der Waals surface area contributed by atoms with Gasteiger partial charge >= 0.3 is 12.4 Å². The van der Waals surface area contributed by atoms with E-state index in [1.165, 1.54) is 36.4 Å². The summed E-state index contributed by atoms with van der Waals surface area (Å²) in [7, 11) is 0. The molecule has 0 fully saturated rings. The summed E-state index contributed by atoms with van der Waals surface area (Å²) in [5.74, 6) is -0.385. The second-order valence-electron chi connectivity index (χ2n) is 6.42.